The van der Waals surface area contributed by atoms with E-state index in [9.17, 15) is 0 Å². The highest BCUT2D eigenvalue weighted by molar-refractivity contribution is 8.02. The number of nitrogens with zero attached hydrogens (tertiary/aromatic N) is 1. The van der Waals surface area contributed by atoms with E-state index in [4.69, 9.17) is 5.26 Å². The van der Waals surface area contributed by atoms with Crippen LogP contribution in [0.2, 0.25) is 0 Å². The van der Waals surface area contributed by atoms with Crippen LogP contribution >= 0.6 is 11.8 Å². The third-order valence-electron chi connectivity index (χ3n) is 1.43. The zero-order valence-corrected chi connectivity index (χ0v) is 7.64. The van der Waals surface area contributed by atoms with Crippen molar-refractivity contribution in [3.63, 3.8) is 0 Å². The molecular weight excluding hydrogens is 166 g/mol. The second-order valence-corrected chi connectivity index (χ2v) is 3.08. The van der Waals surface area contributed by atoms with Gasteiger partial charge in [-0.05, 0) is 17.9 Å². The molecule has 0 heterocycles. The summed E-state index contributed by atoms with van der Waals surface area (Å²) in [6.45, 7) is 0. The Kier molecular flexibility index (Phi) is 3.43. The monoisotopic (exact) mass is 175 g/mol. The molecule has 0 aliphatic heterocycles. The van der Waals surface area contributed by atoms with Crippen molar-refractivity contribution in [3.8, 4) is 6.07 Å². The molecule has 0 saturated heterocycles. The Balaban J connectivity index is 2.88. The van der Waals surface area contributed by atoms with Crippen molar-refractivity contribution in [1.82, 2.24) is 0 Å². The van der Waals surface area contributed by atoms with Crippen LogP contribution in [0.25, 0.3) is 6.08 Å². The summed E-state index contributed by atoms with van der Waals surface area (Å²) in [5.41, 5.74) is 1.07. The standard InChI is InChI=1S/C10H9NS/c1-12-10(8-11)7-9-5-3-2-4-6-9/h2-7H,1H3/b10-7+. The zero-order chi connectivity index (χ0) is 8.81. The van der Waals surface area contributed by atoms with Crippen molar-refractivity contribution < 1.29 is 0 Å². The molecule has 1 rings (SSSR count). The molecule has 0 radical (unpaired) electrons. The van der Waals surface area contributed by atoms with E-state index >= 15 is 0 Å². The summed E-state index contributed by atoms with van der Waals surface area (Å²) in [4.78, 5) is 0.737. The molecule has 1 nitrogen and oxygen atoms in total. The van der Waals surface area contributed by atoms with Crippen LogP contribution in [0.5, 0.6) is 0 Å². The number of allylic oxidation sites excluding steroid dienone is 1. The lowest BCUT2D eigenvalue weighted by molar-refractivity contribution is 1.53. The molecule has 0 fully saturated rings. The fourth-order valence-electron chi connectivity index (χ4n) is 0.837. The smallest absolute Gasteiger partial charge is 0.106 e. The Labute approximate surface area is 76.7 Å². The summed E-state index contributed by atoms with van der Waals surface area (Å²) in [6.07, 6.45) is 3.78. The molecule has 1 aromatic rings. The van der Waals surface area contributed by atoms with Crippen LogP contribution in [0.3, 0.4) is 0 Å². The molecule has 0 atom stereocenters. The van der Waals surface area contributed by atoms with Gasteiger partial charge in [-0.15, -0.1) is 11.8 Å². The summed E-state index contributed by atoms with van der Waals surface area (Å²) in [5.74, 6) is 0. The van der Waals surface area contributed by atoms with Gasteiger partial charge in [0.1, 0.15) is 6.07 Å². The number of hydrogen-bond acceptors (Lipinski definition) is 2. The van der Waals surface area contributed by atoms with Gasteiger partial charge in [0.15, 0.2) is 0 Å². The van der Waals surface area contributed by atoms with Gasteiger partial charge >= 0.3 is 0 Å². The van der Waals surface area contributed by atoms with Gasteiger partial charge in [-0.3, -0.25) is 0 Å². The van der Waals surface area contributed by atoms with Crippen molar-refractivity contribution >= 4 is 17.8 Å². The maximum absolute atomic E-state index is 8.65. The average molecular weight is 175 g/mol. The minimum atomic E-state index is 0.737. The largest absolute Gasteiger partial charge is 0.192 e. The summed E-state index contributed by atoms with van der Waals surface area (Å²) < 4.78 is 0. The van der Waals surface area contributed by atoms with E-state index in [2.05, 4.69) is 6.07 Å². The molecule has 0 N–H and O–H groups in total. The van der Waals surface area contributed by atoms with Gasteiger partial charge in [-0.2, -0.15) is 5.26 Å². The Bertz CT molecular complexity index is 308. The lowest BCUT2D eigenvalue weighted by atomic mass is 10.2. The van der Waals surface area contributed by atoms with E-state index in [1.807, 2.05) is 42.7 Å². The lowest BCUT2D eigenvalue weighted by Crippen LogP contribution is -1.72. The quantitative estimate of drug-likeness (QED) is 0.645. The molecule has 60 valence electrons. The summed E-state index contributed by atoms with van der Waals surface area (Å²) >= 11 is 1.46. The van der Waals surface area contributed by atoms with Crippen LogP contribution in [-0.4, -0.2) is 6.26 Å². The van der Waals surface area contributed by atoms with Crippen molar-refractivity contribution in [2.24, 2.45) is 0 Å². The van der Waals surface area contributed by atoms with Crippen molar-refractivity contribution in [3.05, 3.63) is 40.8 Å². The average Bonchev–Trinajstić information content (AvgIpc) is 2.16. The van der Waals surface area contributed by atoms with Crippen LogP contribution in [0.15, 0.2) is 35.2 Å². The van der Waals surface area contributed by atoms with Gasteiger partial charge < -0.3 is 0 Å². The molecule has 0 spiro atoms. The molecule has 0 aliphatic carbocycles. The highest BCUT2D eigenvalue weighted by atomic mass is 32.2. The van der Waals surface area contributed by atoms with Gasteiger partial charge in [0.2, 0.25) is 0 Å². The third-order valence-corrected chi connectivity index (χ3v) is 2.08. The second-order valence-electron chi connectivity index (χ2n) is 2.24. The van der Waals surface area contributed by atoms with E-state index < -0.39 is 0 Å². The molecule has 2 heteroatoms. The Hall–Kier alpha value is -1.20. The second kappa shape index (κ2) is 4.63. The Morgan fingerprint density at radius 2 is 2.08 bits per heavy atom. The van der Waals surface area contributed by atoms with E-state index in [1.165, 1.54) is 11.8 Å². The third kappa shape index (κ3) is 2.44. The maximum atomic E-state index is 8.65. The number of hydrogen-bond donors (Lipinski definition) is 0. The predicted octanol–water partition coefficient (Wildman–Crippen LogP) is 2.91. The summed E-state index contributed by atoms with van der Waals surface area (Å²) in [7, 11) is 0. The fourth-order valence-corrected chi connectivity index (χ4v) is 1.18. The molecule has 0 bridgehead atoms. The van der Waals surface area contributed by atoms with Crippen molar-refractivity contribution in [1.29, 1.82) is 5.26 Å². The molecule has 1 aromatic carbocycles. The lowest BCUT2D eigenvalue weighted by Gasteiger charge is -1.92. The van der Waals surface area contributed by atoms with Crippen molar-refractivity contribution in [2.45, 2.75) is 0 Å². The Morgan fingerprint density at radius 1 is 1.42 bits per heavy atom. The van der Waals surface area contributed by atoms with Crippen LogP contribution < -0.4 is 0 Å². The molecule has 0 amide bonds. The van der Waals surface area contributed by atoms with Crippen LogP contribution in [0.1, 0.15) is 5.56 Å². The minimum Gasteiger partial charge on any atom is -0.192 e. The van der Waals surface area contributed by atoms with Gasteiger partial charge in [-0.1, -0.05) is 30.3 Å². The summed E-state index contributed by atoms with van der Waals surface area (Å²) in [5, 5.41) is 8.65. The topological polar surface area (TPSA) is 23.8 Å². The number of thioether (sulfide) groups is 1. The van der Waals surface area contributed by atoms with E-state index in [1.54, 1.807) is 0 Å². The number of rotatable bonds is 2. The number of nitriles is 1. The first-order chi connectivity index (χ1) is 5.86. The van der Waals surface area contributed by atoms with Crippen molar-refractivity contribution in [2.75, 3.05) is 6.26 Å². The highest BCUT2D eigenvalue weighted by Gasteiger charge is 1.91. The molecule has 0 aromatic heterocycles. The zero-order valence-electron chi connectivity index (χ0n) is 6.82. The molecular formula is C10H9NS. The van der Waals surface area contributed by atoms with E-state index in [-0.39, 0.29) is 0 Å². The first kappa shape index (κ1) is 8.89. The predicted molar refractivity (Wildman–Crippen MR) is 53.5 cm³/mol. The number of benzene rings is 1. The van der Waals surface area contributed by atoms with Gasteiger partial charge in [0, 0.05) is 0 Å². The Morgan fingerprint density at radius 3 is 2.58 bits per heavy atom. The minimum absolute atomic E-state index is 0.737. The van der Waals surface area contributed by atoms with E-state index in [0.29, 0.717) is 0 Å². The molecule has 0 saturated carbocycles. The molecule has 0 aliphatic rings. The van der Waals surface area contributed by atoms with Gasteiger partial charge in [0.05, 0.1) is 4.91 Å². The first-order valence-corrected chi connectivity index (χ1v) is 4.80. The molecule has 12 heavy (non-hydrogen) atoms. The first-order valence-electron chi connectivity index (χ1n) is 3.57. The van der Waals surface area contributed by atoms with Gasteiger partial charge in [-0.25, -0.2) is 0 Å². The SMILES string of the molecule is CS/C(C#N)=C/c1ccccc1. The fraction of sp³-hybridized carbons (Fsp3) is 0.100. The normalized spacial score (nSPS) is 10.8. The molecule has 0 unspecified atom stereocenters. The van der Waals surface area contributed by atoms with E-state index in [0.717, 1.165) is 10.5 Å². The maximum Gasteiger partial charge on any atom is 0.106 e. The highest BCUT2D eigenvalue weighted by Crippen LogP contribution is 2.14. The van der Waals surface area contributed by atoms with Gasteiger partial charge in [0.25, 0.3) is 0 Å². The van der Waals surface area contributed by atoms with Crippen LogP contribution in [0.4, 0.5) is 0 Å². The van der Waals surface area contributed by atoms with Crippen LogP contribution in [-0.2, 0) is 0 Å². The van der Waals surface area contributed by atoms with Crippen LogP contribution in [0, 0.1) is 11.3 Å². The summed E-state index contributed by atoms with van der Waals surface area (Å²) in [6, 6.07) is 12.0.